The van der Waals surface area contributed by atoms with Gasteiger partial charge in [0.15, 0.2) is 11.2 Å². The summed E-state index contributed by atoms with van der Waals surface area (Å²) in [6.07, 6.45) is -1.08. The van der Waals surface area contributed by atoms with Crippen molar-refractivity contribution in [1.29, 1.82) is 0 Å². The van der Waals surface area contributed by atoms with Gasteiger partial charge in [-0.15, -0.1) is 0 Å². The highest BCUT2D eigenvalue weighted by molar-refractivity contribution is 7.95. The molecule has 0 heterocycles. The van der Waals surface area contributed by atoms with Crippen molar-refractivity contribution < 1.29 is 129 Å². The van der Waals surface area contributed by atoms with Crippen LogP contribution in [0.25, 0.3) is 0 Å². The van der Waals surface area contributed by atoms with Crippen LogP contribution in [0, 0.1) is 0 Å². The largest absolute Gasteiger partial charge is 0.744 e. The molecule has 0 amide bonds. The van der Waals surface area contributed by atoms with E-state index in [1.807, 2.05) is 0 Å². The number of benzene rings is 10. The van der Waals surface area contributed by atoms with Gasteiger partial charge in [0, 0.05) is 0 Å². The monoisotopic (exact) mass is 1860 g/mol. The first-order chi connectivity index (χ1) is 60.7. The minimum atomic E-state index is -4.84. The number of esters is 6. The lowest BCUT2D eigenvalue weighted by atomic mass is 9.81. The van der Waals surface area contributed by atoms with E-state index in [0.717, 1.165) is 48.5 Å². The van der Waals surface area contributed by atoms with Crippen molar-refractivity contribution in [2.45, 2.75) is 169 Å². The van der Waals surface area contributed by atoms with Crippen molar-refractivity contribution in [1.82, 2.24) is 0 Å². The van der Waals surface area contributed by atoms with Gasteiger partial charge in [-0.05, 0) is 235 Å². The third-order valence-electron chi connectivity index (χ3n) is 23.2. The van der Waals surface area contributed by atoms with E-state index >= 15 is 0 Å². The Morgan fingerprint density at radius 2 is 0.531 bits per heavy atom. The van der Waals surface area contributed by atoms with Gasteiger partial charge in [0.2, 0.25) is 0 Å². The molecule has 676 valence electrons. The van der Waals surface area contributed by atoms with E-state index in [1.165, 1.54) is 80.4 Å². The standard InChI is InChI=1S/2C28H32O14S2.2C19H18P/c2*29-24(18-7-5-9-20(15-18)43(34,35)36)41-22-11-1-3-13-27(22,32)17-40-26(31)28(33)14-4-2-12-23(28)42-25(30)19-8-6-10-21(16-19)44(37,38)39;2*1-20(17-11-5-2-6-12-17,18-13-7-3-8-14-18)19-15-9-4-10-16-19/h2*5-10,15-16,22-23,32-33H,1-4,11-14,17H2,(H,34,35,36)(H,37,38,39);2*2-16H,1H3/q;;2*+1/p-2. The normalized spacial score (nSPS) is 21.3. The highest BCUT2D eigenvalue weighted by Gasteiger charge is 2.54. The molecule has 0 aliphatic heterocycles. The lowest BCUT2D eigenvalue weighted by molar-refractivity contribution is -0.198. The molecule has 0 aromatic heterocycles. The van der Waals surface area contributed by atoms with Crippen LogP contribution in [-0.4, -0.2) is 181 Å². The Morgan fingerprint density at radius 3 is 0.773 bits per heavy atom. The SMILES string of the molecule is C[P+](c1ccccc1)(c1ccccc1)c1ccccc1.C[P+](c1ccccc1)(c1ccccc1)c1ccccc1.O=C(OC1CCCCC1(O)COC(=O)C1(O)CCCCC1OC(=O)c1cccc(S(=O)(=O)O)c1)c1cccc(S(=O)(=O)[O-])c1.O=C(OC1CCCCC1(O)COC(=O)C1(O)CCCCC1OC(=O)c1cccc(S(=O)(=O)O)c1)c1cccc(S(=O)(=O)[O-])c1. The van der Waals surface area contributed by atoms with Gasteiger partial charge in [0.1, 0.15) is 115 Å². The van der Waals surface area contributed by atoms with Crippen LogP contribution in [0.1, 0.15) is 144 Å². The van der Waals surface area contributed by atoms with E-state index < -0.39 is 170 Å². The van der Waals surface area contributed by atoms with Gasteiger partial charge in [0.05, 0.1) is 55.2 Å². The molecule has 0 saturated heterocycles. The summed E-state index contributed by atoms with van der Waals surface area (Å²) in [5.74, 6) is -6.52. The second-order valence-corrected chi connectivity index (χ2v) is 44.5. The summed E-state index contributed by atoms with van der Waals surface area (Å²) in [7, 11) is -22.0. The minimum absolute atomic E-state index is 0.0498. The molecule has 4 fully saturated rings. The zero-order valence-electron chi connectivity index (χ0n) is 69.8. The van der Waals surface area contributed by atoms with Gasteiger partial charge in [-0.1, -0.05) is 146 Å². The first-order valence-corrected chi connectivity index (χ1v) is 51.3. The fourth-order valence-corrected chi connectivity index (χ4v) is 24.4. The van der Waals surface area contributed by atoms with Gasteiger partial charge in [-0.3, -0.25) is 9.11 Å². The predicted octanol–water partition coefficient (Wildman–Crippen LogP) is 10.7. The lowest BCUT2D eigenvalue weighted by Crippen LogP contribution is -2.56. The maximum Gasteiger partial charge on any atom is 0.342 e. The number of hydrogen-bond donors (Lipinski definition) is 6. The third-order valence-corrected chi connectivity index (χ3v) is 34.5. The molecule has 0 radical (unpaired) electrons. The van der Waals surface area contributed by atoms with Crippen LogP contribution in [0.2, 0.25) is 0 Å². The van der Waals surface area contributed by atoms with Crippen molar-refractivity contribution in [3.05, 3.63) is 301 Å². The van der Waals surface area contributed by atoms with E-state index in [0.29, 0.717) is 51.4 Å². The maximum atomic E-state index is 13.2. The number of ether oxygens (including phenoxy) is 6. The van der Waals surface area contributed by atoms with Gasteiger partial charge in [-0.2, -0.15) is 16.8 Å². The van der Waals surface area contributed by atoms with E-state index in [1.54, 1.807) is 0 Å². The van der Waals surface area contributed by atoms with E-state index in [2.05, 4.69) is 195 Å². The van der Waals surface area contributed by atoms with Crippen LogP contribution in [-0.2, 0) is 78.5 Å². The predicted molar refractivity (Wildman–Crippen MR) is 476 cm³/mol. The fraction of sp³-hybridized carbons (Fsp3) is 0.298. The van der Waals surface area contributed by atoms with Crippen molar-refractivity contribution >= 4 is 123 Å². The molecular weight excluding hydrogens is 1770 g/mol. The number of aliphatic hydroxyl groups is 4. The highest BCUT2D eigenvalue weighted by Crippen LogP contribution is 2.53. The summed E-state index contributed by atoms with van der Waals surface area (Å²) in [5.41, 5.74) is -9.35. The summed E-state index contributed by atoms with van der Waals surface area (Å²) in [6.45, 7) is 3.43. The average molecular weight is 1870 g/mol. The lowest BCUT2D eigenvalue weighted by Gasteiger charge is -2.40. The summed E-state index contributed by atoms with van der Waals surface area (Å²) in [4.78, 5) is 75.2. The summed E-state index contributed by atoms with van der Waals surface area (Å²) >= 11 is 0. The first-order valence-electron chi connectivity index (χ1n) is 41.1. The van der Waals surface area contributed by atoms with Crippen molar-refractivity contribution in [3.63, 3.8) is 0 Å². The number of carbonyl (C=O) groups excluding carboxylic acids is 6. The van der Waals surface area contributed by atoms with Crippen molar-refractivity contribution in [2.24, 2.45) is 0 Å². The molecule has 8 unspecified atom stereocenters. The summed E-state index contributed by atoms with van der Waals surface area (Å²) in [5, 5.41) is 53.9. The highest BCUT2D eigenvalue weighted by atomic mass is 32.2. The molecule has 8 atom stereocenters. The van der Waals surface area contributed by atoms with Crippen LogP contribution in [0.3, 0.4) is 0 Å². The molecule has 128 heavy (non-hydrogen) atoms. The van der Waals surface area contributed by atoms with Crippen LogP contribution < -0.4 is 31.8 Å². The fourth-order valence-electron chi connectivity index (χ4n) is 15.9. The molecule has 34 heteroatoms. The molecule has 0 bridgehead atoms. The Bertz CT molecular complexity index is 5470. The van der Waals surface area contributed by atoms with E-state index in [-0.39, 0.29) is 73.6 Å². The topological polar surface area (TPSA) is 462 Å². The Balaban J connectivity index is 0.000000176. The second-order valence-electron chi connectivity index (χ2n) is 31.8. The average Bonchev–Trinajstić information content (AvgIpc) is 0.742. The number of hydrogen-bond acceptors (Lipinski definition) is 26. The molecule has 10 aromatic carbocycles. The van der Waals surface area contributed by atoms with E-state index in [4.69, 9.17) is 28.4 Å². The smallest absolute Gasteiger partial charge is 0.342 e. The molecule has 14 rings (SSSR count). The number of rotatable bonds is 24. The Kier molecular flexibility index (Phi) is 32.4. The Hall–Kier alpha value is -10.6. The molecule has 6 N–H and O–H groups in total. The molecule has 0 spiro atoms. The van der Waals surface area contributed by atoms with Gasteiger partial charge in [-0.25, -0.2) is 45.6 Å². The molecule has 10 aromatic rings. The zero-order valence-corrected chi connectivity index (χ0v) is 74.8. The first kappa shape index (κ1) is 98.0. The van der Waals surface area contributed by atoms with Crippen molar-refractivity contribution in [2.75, 3.05) is 26.5 Å². The Labute approximate surface area is 744 Å². The van der Waals surface area contributed by atoms with Gasteiger partial charge in [0.25, 0.3) is 20.2 Å². The second kappa shape index (κ2) is 42.3. The van der Waals surface area contributed by atoms with Crippen LogP contribution >= 0.6 is 14.5 Å². The van der Waals surface area contributed by atoms with Crippen LogP contribution in [0.15, 0.2) is 299 Å². The quantitative estimate of drug-likeness (QED) is 0.0142. The molecule has 4 aliphatic rings. The van der Waals surface area contributed by atoms with Gasteiger partial charge >= 0.3 is 35.8 Å². The minimum Gasteiger partial charge on any atom is -0.744 e. The Morgan fingerprint density at radius 1 is 0.312 bits per heavy atom. The summed E-state index contributed by atoms with van der Waals surface area (Å²) in [6, 6.07) is 82.6. The van der Waals surface area contributed by atoms with E-state index in [9.17, 15) is 101 Å². The van der Waals surface area contributed by atoms with Crippen LogP contribution in [0.5, 0.6) is 0 Å². The van der Waals surface area contributed by atoms with Crippen LogP contribution in [0.4, 0.5) is 0 Å². The van der Waals surface area contributed by atoms with Crippen molar-refractivity contribution in [3.8, 4) is 0 Å². The summed E-state index contributed by atoms with van der Waals surface area (Å²) < 4.78 is 165. The molecular formula is C94H98O28P2S4. The zero-order chi connectivity index (χ0) is 92.4. The molecule has 28 nitrogen and oxygen atoms in total. The maximum absolute atomic E-state index is 13.2. The molecule has 4 aliphatic carbocycles. The van der Waals surface area contributed by atoms with Gasteiger partial charge < -0.3 is 58.0 Å². The number of carbonyl (C=O) groups is 6. The molecule has 4 saturated carbocycles. The third kappa shape index (κ3) is 24.3.